The molecule has 0 saturated carbocycles. The van der Waals surface area contributed by atoms with Crippen LogP contribution >= 0.6 is 0 Å². The van der Waals surface area contributed by atoms with Gasteiger partial charge in [-0.25, -0.2) is 4.79 Å². The Labute approximate surface area is 154 Å². The second kappa shape index (κ2) is 8.92. The van der Waals surface area contributed by atoms with E-state index >= 15 is 0 Å². The van der Waals surface area contributed by atoms with E-state index in [4.69, 9.17) is 4.74 Å². The fourth-order valence-electron chi connectivity index (χ4n) is 2.11. The van der Waals surface area contributed by atoms with Crippen molar-refractivity contribution < 1.29 is 19.2 Å². The third-order valence-electron chi connectivity index (χ3n) is 3.43. The predicted molar refractivity (Wildman–Crippen MR) is 97.7 cm³/mol. The molecule has 0 aliphatic heterocycles. The number of carbonyl (C=O) groups excluding carboxylic acids is 2. The van der Waals surface area contributed by atoms with Crippen molar-refractivity contribution in [3.63, 3.8) is 0 Å². The Bertz CT molecular complexity index is 925. The SMILES string of the molecule is CCOC(=O)c1ccc(NC(=O)C(C#N)=Cc2ccc([N+](=O)[O-])cc2)cc1. The van der Waals surface area contributed by atoms with E-state index in [1.165, 1.54) is 54.6 Å². The first-order chi connectivity index (χ1) is 12.9. The summed E-state index contributed by atoms with van der Waals surface area (Å²) in [5, 5.41) is 22.4. The van der Waals surface area contributed by atoms with E-state index < -0.39 is 16.8 Å². The lowest BCUT2D eigenvalue weighted by Gasteiger charge is -2.06. The molecule has 0 fully saturated rings. The van der Waals surface area contributed by atoms with Crippen molar-refractivity contribution >= 4 is 29.3 Å². The molecule has 0 unspecified atom stereocenters. The first kappa shape index (κ1) is 19.3. The van der Waals surface area contributed by atoms with Crippen LogP contribution in [0.3, 0.4) is 0 Å². The number of amides is 1. The molecule has 0 atom stereocenters. The van der Waals surface area contributed by atoms with Crippen molar-refractivity contribution in [2.24, 2.45) is 0 Å². The number of nitrogens with zero attached hydrogens (tertiary/aromatic N) is 2. The average molecular weight is 365 g/mol. The third-order valence-corrected chi connectivity index (χ3v) is 3.43. The van der Waals surface area contributed by atoms with Crippen LogP contribution in [0.25, 0.3) is 6.08 Å². The Kier molecular flexibility index (Phi) is 6.39. The number of benzene rings is 2. The first-order valence-electron chi connectivity index (χ1n) is 7.89. The van der Waals surface area contributed by atoms with Gasteiger partial charge in [-0.15, -0.1) is 0 Å². The number of nitro benzene ring substituents is 1. The van der Waals surface area contributed by atoms with Gasteiger partial charge in [-0.3, -0.25) is 14.9 Å². The smallest absolute Gasteiger partial charge is 0.338 e. The Morgan fingerprint density at radius 2 is 1.81 bits per heavy atom. The average Bonchev–Trinajstić information content (AvgIpc) is 2.67. The lowest BCUT2D eigenvalue weighted by atomic mass is 10.1. The fraction of sp³-hybridized carbons (Fsp3) is 0.105. The van der Waals surface area contributed by atoms with Crippen molar-refractivity contribution in [3.8, 4) is 6.07 Å². The zero-order valence-electron chi connectivity index (χ0n) is 14.3. The molecule has 27 heavy (non-hydrogen) atoms. The quantitative estimate of drug-likeness (QED) is 0.275. The number of ether oxygens (including phenoxy) is 1. The van der Waals surface area contributed by atoms with Crippen LogP contribution in [0.5, 0.6) is 0 Å². The Hall–Kier alpha value is -3.99. The summed E-state index contributed by atoms with van der Waals surface area (Å²) in [5.74, 6) is -1.11. The topological polar surface area (TPSA) is 122 Å². The molecule has 0 saturated heterocycles. The van der Waals surface area contributed by atoms with Gasteiger partial charge in [0.05, 0.1) is 17.1 Å². The van der Waals surface area contributed by atoms with Crippen molar-refractivity contribution in [1.82, 2.24) is 0 Å². The summed E-state index contributed by atoms with van der Waals surface area (Å²) in [4.78, 5) is 34.0. The number of carbonyl (C=O) groups is 2. The highest BCUT2D eigenvalue weighted by atomic mass is 16.6. The lowest BCUT2D eigenvalue weighted by molar-refractivity contribution is -0.384. The van der Waals surface area contributed by atoms with Crippen LogP contribution in [0.4, 0.5) is 11.4 Å². The number of esters is 1. The van der Waals surface area contributed by atoms with Gasteiger partial charge in [0.2, 0.25) is 0 Å². The molecule has 8 nitrogen and oxygen atoms in total. The zero-order valence-corrected chi connectivity index (χ0v) is 14.3. The van der Waals surface area contributed by atoms with E-state index in [-0.39, 0.29) is 17.9 Å². The molecule has 0 aliphatic carbocycles. The monoisotopic (exact) mass is 365 g/mol. The van der Waals surface area contributed by atoms with Crippen molar-refractivity contribution in [2.45, 2.75) is 6.92 Å². The molecule has 0 radical (unpaired) electrons. The van der Waals surface area contributed by atoms with Crippen LogP contribution in [0, 0.1) is 21.4 Å². The highest BCUT2D eigenvalue weighted by Gasteiger charge is 2.11. The van der Waals surface area contributed by atoms with E-state index in [9.17, 15) is 25.0 Å². The summed E-state index contributed by atoms with van der Waals surface area (Å²) in [7, 11) is 0. The number of nitriles is 1. The second-order valence-corrected chi connectivity index (χ2v) is 5.27. The summed E-state index contributed by atoms with van der Waals surface area (Å²) < 4.78 is 4.87. The van der Waals surface area contributed by atoms with E-state index in [1.54, 1.807) is 13.0 Å². The van der Waals surface area contributed by atoms with Gasteiger partial charge in [-0.2, -0.15) is 5.26 Å². The van der Waals surface area contributed by atoms with Crippen LogP contribution in [0.15, 0.2) is 54.1 Å². The number of anilines is 1. The molecule has 1 amide bonds. The van der Waals surface area contributed by atoms with Crippen molar-refractivity contribution in [2.75, 3.05) is 11.9 Å². The number of non-ortho nitro benzene ring substituents is 1. The molecule has 1 N–H and O–H groups in total. The van der Waals surface area contributed by atoms with Crippen molar-refractivity contribution in [1.29, 1.82) is 5.26 Å². The maximum Gasteiger partial charge on any atom is 0.338 e. The Morgan fingerprint density at radius 1 is 1.19 bits per heavy atom. The van der Waals surface area contributed by atoms with Gasteiger partial charge in [0.15, 0.2) is 0 Å². The number of hydrogen-bond donors (Lipinski definition) is 1. The van der Waals surface area contributed by atoms with Gasteiger partial charge in [-0.05, 0) is 55.0 Å². The summed E-state index contributed by atoms with van der Waals surface area (Å²) in [6.45, 7) is 1.96. The number of hydrogen-bond acceptors (Lipinski definition) is 6. The predicted octanol–water partition coefficient (Wildman–Crippen LogP) is 3.32. The molecule has 2 aromatic rings. The van der Waals surface area contributed by atoms with Gasteiger partial charge in [-0.1, -0.05) is 0 Å². The number of nitro groups is 1. The molecule has 136 valence electrons. The maximum absolute atomic E-state index is 12.2. The molecule has 0 aromatic heterocycles. The molecular formula is C19H15N3O5. The summed E-state index contributed by atoms with van der Waals surface area (Å²) >= 11 is 0. The molecular weight excluding hydrogens is 350 g/mol. The fourth-order valence-corrected chi connectivity index (χ4v) is 2.11. The molecule has 0 bridgehead atoms. The molecule has 2 rings (SSSR count). The van der Waals surface area contributed by atoms with Crippen molar-refractivity contribution in [3.05, 3.63) is 75.3 Å². The summed E-state index contributed by atoms with van der Waals surface area (Å²) in [5.41, 5.74) is 0.967. The van der Waals surface area contributed by atoms with Crippen LogP contribution in [0.2, 0.25) is 0 Å². The number of nitrogens with one attached hydrogen (secondary N) is 1. The van der Waals surface area contributed by atoms with Crippen LogP contribution < -0.4 is 5.32 Å². The summed E-state index contributed by atoms with van der Waals surface area (Å²) in [6.07, 6.45) is 1.33. The van der Waals surface area contributed by atoms with E-state index in [0.29, 0.717) is 16.8 Å². The van der Waals surface area contributed by atoms with Crippen LogP contribution in [0.1, 0.15) is 22.8 Å². The highest BCUT2D eigenvalue weighted by Crippen LogP contribution is 2.16. The Morgan fingerprint density at radius 3 is 2.33 bits per heavy atom. The largest absolute Gasteiger partial charge is 0.462 e. The zero-order chi connectivity index (χ0) is 19.8. The summed E-state index contributed by atoms with van der Waals surface area (Å²) in [6, 6.07) is 13.3. The van der Waals surface area contributed by atoms with Crippen LogP contribution in [-0.2, 0) is 9.53 Å². The van der Waals surface area contributed by atoms with Gasteiger partial charge in [0.25, 0.3) is 11.6 Å². The lowest BCUT2D eigenvalue weighted by Crippen LogP contribution is -2.13. The minimum absolute atomic E-state index is 0.0863. The standard InChI is InChI=1S/C19H15N3O5/c1-2-27-19(24)14-5-7-16(8-6-14)21-18(23)15(12-20)11-13-3-9-17(10-4-13)22(25)26/h3-11H,2H2,1H3,(H,21,23). The molecule has 0 heterocycles. The Balaban J connectivity index is 2.11. The van der Waals surface area contributed by atoms with Gasteiger partial charge < -0.3 is 10.1 Å². The molecule has 8 heteroatoms. The normalized spacial score (nSPS) is 10.6. The van der Waals surface area contributed by atoms with Gasteiger partial charge in [0.1, 0.15) is 11.6 Å². The number of rotatable bonds is 6. The first-order valence-corrected chi connectivity index (χ1v) is 7.89. The van der Waals surface area contributed by atoms with E-state index in [0.717, 1.165) is 0 Å². The van der Waals surface area contributed by atoms with Gasteiger partial charge in [0, 0.05) is 17.8 Å². The van der Waals surface area contributed by atoms with Crippen LogP contribution in [-0.4, -0.2) is 23.4 Å². The van der Waals surface area contributed by atoms with Gasteiger partial charge >= 0.3 is 5.97 Å². The second-order valence-electron chi connectivity index (χ2n) is 5.27. The molecule has 2 aromatic carbocycles. The third kappa shape index (κ3) is 5.24. The minimum Gasteiger partial charge on any atom is -0.462 e. The molecule has 0 spiro atoms. The maximum atomic E-state index is 12.2. The highest BCUT2D eigenvalue weighted by molar-refractivity contribution is 6.09. The van der Waals surface area contributed by atoms with E-state index in [2.05, 4.69) is 5.32 Å². The van der Waals surface area contributed by atoms with E-state index in [1.807, 2.05) is 0 Å². The molecule has 0 aliphatic rings. The minimum atomic E-state index is -0.639.